The Kier molecular flexibility index (Phi) is 5.25. The molecular weight excluding hydrogens is 386 g/mol. The summed E-state index contributed by atoms with van der Waals surface area (Å²) in [5, 5.41) is 3.25. The molecule has 1 amide bonds. The number of carbonyl (C=O) groups excluding carboxylic acids is 1. The monoisotopic (exact) mass is 419 g/mol. The summed E-state index contributed by atoms with van der Waals surface area (Å²) in [6.45, 7) is 9.69. The Balaban J connectivity index is 1.35. The molecule has 1 aliphatic carbocycles. The molecule has 5 heteroatoms. The summed E-state index contributed by atoms with van der Waals surface area (Å²) in [6.07, 6.45) is 5.98. The molecule has 0 spiro atoms. The third kappa shape index (κ3) is 4.08. The van der Waals surface area contributed by atoms with E-state index < -0.39 is 0 Å². The van der Waals surface area contributed by atoms with Gasteiger partial charge in [-0.1, -0.05) is 32.0 Å². The Hall–Kier alpha value is -2.40. The van der Waals surface area contributed by atoms with Crippen molar-refractivity contribution in [1.29, 1.82) is 0 Å². The van der Waals surface area contributed by atoms with Crippen LogP contribution in [0.1, 0.15) is 56.0 Å². The molecule has 1 aromatic heterocycles. The summed E-state index contributed by atoms with van der Waals surface area (Å²) >= 11 is 0. The third-order valence-electron chi connectivity index (χ3n) is 7.62. The van der Waals surface area contributed by atoms with E-state index in [1.54, 1.807) is 0 Å². The molecule has 0 radical (unpaired) electrons. The molecule has 5 nitrogen and oxygen atoms in total. The average molecular weight is 420 g/mol. The van der Waals surface area contributed by atoms with Crippen LogP contribution in [0.4, 0.5) is 4.79 Å². The molecule has 2 aromatic rings. The first-order chi connectivity index (χ1) is 14.9. The molecule has 2 atom stereocenters. The molecule has 1 aromatic carbocycles. The smallest absolute Gasteiger partial charge is 0.407 e. The van der Waals surface area contributed by atoms with Gasteiger partial charge in [0.15, 0.2) is 0 Å². The van der Waals surface area contributed by atoms with E-state index in [2.05, 4.69) is 59.4 Å². The molecule has 3 fully saturated rings. The fourth-order valence-corrected chi connectivity index (χ4v) is 5.64. The van der Waals surface area contributed by atoms with E-state index in [1.807, 2.05) is 13.1 Å². The van der Waals surface area contributed by atoms with E-state index >= 15 is 0 Å². The minimum Gasteiger partial charge on any atom is -0.445 e. The number of aryl methyl sites for hydroxylation is 2. The van der Waals surface area contributed by atoms with E-state index in [4.69, 9.17) is 4.74 Å². The zero-order chi connectivity index (χ0) is 21.6. The predicted molar refractivity (Wildman–Crippen MR) is 122 cm³/mol. The lowest BCUT2D eigenvalue weighted by atomic mass is 9.70. The molecule has 4 aliphatic rings. The number of piperidine rings is 3. The molecule has 164 valence electrons. The Morgan fingerprint density at radius 2 is 1.94 bits per heavy atom. The number of carbonyl (C=O) groups is 1. The number of aromatic nitrogens is 1. The van der Waals surface area contributed by atoms with Gasteiger partial charge < -0.3 is 10.1 Å². The highest BCUT2D eigenvalue weighted by Gasteiger charge is 2.40. The summed E-state index contributed by atoms with van der Waals surface area (Å²) in [6, 6.07) is 10.8. The van der Waals surface area contributed by atoms with Crippen molar-refractivity contribution < 1.29 is 9.53 Å². The molecule has 1 N–H and O–H groups in total. The maximum Gasteiger partial charge on any atom is 0.407 e. The van der Waals surface area contributed by atoms with Gasteiger partial charge in [0.1, 0.15) is 6.10 Å². The van der Waals surface area contributed by atoms with Gasteiger partial charge in [-0.25, -0.2) is 4.79 Å². The molecule has 3 saturated heterocycles. The van der Waals surface area contributed by atoms with Crippen LogP contribution in [0.3, 0.4) is 0 Å². The largest absolute Gasteiger partial charge is 0.445 e. The number of nitrogens with one attached hydrogen (secondary N) is 1. The number of rotatable bonds is 3. The number of hydrogen-bond donors (Lipinski definition) is 1. The van der Waals surface area contributed by atoms with Gasteiger partial charge in [-0.05, 0) is 91.4 Å². The van der Waals surface area contributed by atoms with Crippen molar-refractivity contribution in [2.24, 2.45) is 11.3 Å². The molecule has 1 unspecified atom stereocenters. The number of ether oxygens (including phenoxy) is 1. The van der Waals surface area contributed by atoms with Crippen molar-refractivity contribution in [1.82, 2.24) is 15.2 Å². The lowest BCUT2D eigenvalue weighted by molar-refractivity contribution is -0.0353. The third-order valence-corrected chi connectivity index (χ3v) is 7.62. The first kappa shape index (κ1) is 20.5. The molecule has 6 rings (SSSR count). The minimum atomic E-state index is -0.265. The average Bonchev–Trinajstić information content (AvgIpc) is 2.76. The second-order valence-corrected chi connectivity index (χ2v) is 10.2. The highest BCUT2D eigenvalue weighted by Crippen LogP contribution is 2.44. The lowest BCUT2D eigenvalue weighted by Crippen LogP contribution is -2.53. The van der Waals surface area contributed by atoms with Crippen LogP contribution < -0.4 is 5.32 Å². The van der Waals surface area contributed by atoms with Gasteiger partial charge in [0.05, 0.1) is 6.04 Å². The molecular formula is C26H33N3O2. The number of amides is 1. The van der Waals surface area contributed by atoms with E-state index in [1.165, 1.54) is 22.3 Å². The minimum absolute atomic E-state index is 0.0180. The molecule has 4 heterocycles. The number of pyridine rings is 1. The Morgan fingerprint density at radius 1 is 1.16 bits per heavy atom. The van der Waals surface area contributed by atoms with Crippen LogP contribution in [0, 0.1) is 18.3 Å². The van der Waals surface area contributed by atoms with Crippen molar-refractivity contribution in [3.05, 3.63) is 53.3 Å². The first-order valence-electron chi connectivity index (χ1n) is 11.6. The van der Waals surface area contributed by atoms with Crippen LogP contribution in [0.25, 0.3) is 11.1 Å². The van der Waals surface area contributed by atoms with Crippen LogP contribution in [-0.2, 0) is 11.2 Å². The second-order valence-electron chi connectivity index (χ2n) is 10.2. The van der Waals surface area contributed by atoms with Gasteiger partial charge in [-0.15, -0.1) is 0 Å². The van der Waals surface area contributed by atoms with Gasteiger partial charge in [-0.3, -0.25) is 9.88 Å². The maximum atomic E-state index is 12.9. The number of fused-ring (bicyclic) bond motifs is 4. The zero-order valence-electron chi connectivity index (χ0n) is 18.9. The van der Waals surface area contributed by atoms with E-state index in [-0.39, 0.29) is 23.7 Å². The van der Waals surface area contributed by atoms with Gasteiger partial charge in [0.2, 0.25) is 0 Å². The second kappa shape index (κ2) is 7.94. The van der Waals surface area contributed by atoms with Crippen LogP contribution in [0.2, 0.25) is 0 Å². The van der Waals surface area contributed by atoms with Crippen molar-refractivity contribution in [2.45, 2.75) is 58.6 Å². The quantitative estimate of drug-likeness (QED) is 0.770. The van der Waals surface area contributed by atoms with E-state index in [0.717, 1.165) is 51.0 Å². The Bertz CT molecular complexity index is 978. The van der Waals surface area contributed by atoms with Gasteiger partial charge in [-0.2, -0.15) is 0 Å². The summed E-state index contributed by atoms with van der Waals surface area (Å²) < 4.78 is 5.94. The number of alkyl carbamates (subject to hydrolysis) is 1. The van der Waals surface area contributed by atoms with Crippen LogP contribution in [-0.4, -0.2) is 41.7 Å². The summed E-state index contributed by atoms with van der Waals surface area (Å²) in [4.78, 5) is 19.7. The first-order valence-corrected chi connectivity index (χ1v) is 11.6. The fourth-order valence-electron chi connectivity index (χ4n) is 5.64. The molecule has 2 bridgehead atoms. The van der Waals surface area contributed by atoms with Gasteiger partial charge in [0, 0.05) is 18.4 Å². The standard InChI is InChI=1S/C26H33N3O2/c1-17-14-20(7-11-27-17)19-4-5-22-21(15-19)6-10-26(2,3)24(22)28-25(30)31-23-16-29-12-8-18(23)9-13-29/h4-5,7,11,14-15,18,23-24H,6,8-10,12-13,16H2,1-3H3,(H,28,30)/t23-,24?/m1/s1. The van der Waals surface area contributed by atoms with Gasteiger partial charge in [0.25, 0.3) is 0 Å². The molecule has 3 aliphatic heterocycles. The van der Waals surface area contributed by atoms with Crippen LogP contribution in [0.15, 0.2) is 36.5 Å². The van der Waals surface area contributed by atoms with E-state index in [0.29, 0.717) is 5.92 Å². The molecule has 31 heavy (non-hydrogen) atoms. The van der Waals surface area contributed by atoms with Crippen molar-refractivity contribution in [3.63, 3.8) is 0 Å². The summed E-state index contributed by atoms with van der Waals surface area (Å²) in [7, 11) is 0. The number of hydrogen-bond acceptors (Lipinski definition) is 4. The van der Waals surface area contributed by atoms with Crippen LogP contribution in [0.5, 0.6) is 0 Å². The highest BCUT2D eigenvalue weighted by molar-refractivity contribution is 5.70. The lowest BCUT2D eigenvalue weighted by Gasteiger charge is -2.44. The normalized spacial score (nSPS) is 28.6. The SMILES string of the molecule is Cc1cc(-c2ccc3c(c2)CCC(C)(C)C3NC(=O)O[C@@H]2CN3CCC2CC3)ccn1. The maximum absolute atomic E-state index is 12.9. The van der Waals surface area contributed by atoms with Gasteiger partial charge >= 0.3 is 6.09 Å². The topological polar surface area (TPSA) is 54.5 Å². The fraction of sp³-hybridized carbons (Fsp3) is 0.538. The highest BCUT2D eigenvalue weighted by atomic mass is 16.6. The Morgan fingerprint density at radius 3 is 2.65 bits per heavy atom. The van der Waals surface area contributed by atoms with Crippen molar-refractivity contribution in [2.75, 3.05) is 19.6 Å². The van der Waals surface area contributed by atoms with E-state index in [9.17, 15) is 4.79 Å². The predicted octanol–water partition coefficient (Wildman–Crippen LogP) is 4.89. The van der Waals surface area contributed by atoms with Crippen molar-refractivity contribution >= 4 is 6.09 Å². The summed E-state index contributed by atoms with van der Waals surface area (Å²) in [5.74, 6) is 0.522. The number of nitrogens with zero attached hydrogens (tertiary/aromatic N) is 2. The number of benzene rings is 1. The molecule has 0 saturated carbocycles. The Labute approximate surface area is 185 Å². The van der Waals surface area contributed by atoms with Crippen molar-refractivity contribution in [3.8, 4) is 11.1 Å². The zero-order valence-corrected chi connectivity index (χ0v) is 18.9. The summed E-state index contributed by atoms with van der Waals surface area (Å²) in [5.41, 5.74) is 5.93. The van der Waals surface area contributed by atoms with Crippen LogP contribution >= 0.6 is 0 Å².